The van der Waals surface area contributed by atoms with Gasteiger partial charge >= 0.3 is 0 Å². The van der Waals surface area contributed by atoms with Crippen molar-refractivity contribution in [1.29, 1.82) is 0 Å². The highest BCUT2D eigenvalue weighted by Gasteiger charge is 2.18. The first-order chi connectivity index (χ1) is 10.2. The molecule has 0 spiro atoms. The molecule has 2 nitrogen and oxygen atoms in total. The zero-order valence-corrected chi connectivity index (χ0v) is 13.2. The van der Waals surface area contributed by atoms with E-state index in [4.69, 9.17) is 27.9 Å². The van der Waals surface area contributed by atoms with E-state index in [1.165, 1.54) is 11.1 Å². The van der Waals surface area contributed by atoms with Crippen molar-refractivity contribution in [3.05, 3.63) is 63.6 Å². The topological polar surface area (TPSA) is 12.5 Å². The Morgan fingerprint density at radius 1 is 1.10 bits per heavy atom. The Bertz CT molecular complexity index is 616. The first-order valence-corrected chi connectivity index (χ1v) is 7.85. The molecular formula is C17H17Cl2NO. The van der Waals surface area contributed by atoms with Gasteiger partial charge in [-0.15, -0.1) is 0 Å². The molecule has 1 heterocycles. The van der Waals surface area contributed by atoms with E-state index in [9.17, 15) is 0 Å². The average molecular weight is 322 g/mol. The minimum atomic E-state index is 0.688. The summed E-state index contributed by atoms with van der Waals surface area (Å²) in [5.41, 5.74) is 2.47. The summed E-state index contributed by atoms with van der Waals surface area (Å²) in [4.78, 5) is 2.37. The molecule has 0 saturated heterocycles. The quantitative estimate of drug-likeness (QED) is 0.826. The van der Waals surface area contributed by atoms with Gasteiger partial charge in [0.2, 0.25) is 0 Å². The van der Waals surface area contributed by atoms with Gasteiger partial charge in [0.25, 0.3) is 0 Å². The van der Waals surface area contributed by atoms with Gasteiger partial charge in [0.15, 0.2) is 0 Å². The normalized spacial score (nSPS) is 14.8. The minimum Gasteiger partial charge on any atom is -0.492 e. The highest BCUT2D eigenvalue weighted by Crippen LogP contribution is 2.29. The number of benzene rings is 2. The maximum absolute atomic E-state index is 6.25. The van der Waals surface area contributed by atoms with Gasteiger partial charge in [0.05, 0.1) is 0 Å². The smallest absolute Gasteiger partial charge is 0.119 e. The summed E-state index contributed by atoms with van der Waals surface area (Å²) in [6, 6.07) is 13.8. The largest absolute Gasteiger partial charge is 0.492 e. The Labute approximate surface area is 135 Å². The molecule has 0 atom stereocenters. The van der Waals surface area contributed by atoms with Gasteiger partial charge in [-0.2, -0.15) is 0 Å². The third-order valence-corrected chi connectivity index (χ3v) is 4.30. The summed E-state index contributed by atoms with van der Waals surface area (Å²) in [6.07, 6.45) is 0.969. The van der Waals surface area contributed by atoms with Gasteiger partial charge < -0.3 is 4.74 Å². The van der Waals surface area contributed by atoms with E-state index in [2.05, 4.69) is 4.90 Å². The summed E-state index contributed by atoms with van der Waals surface area (Å²) < 4.78 is 5.75. The van der Waals surface area contributed by atoms with Crippen molar-refractivity contribution in [2.45, 2.75) is 13.0 Å². The molecule has 110 valence electrons. The molecule has 2 aromatic rings. The molecule has 0 aliphatic carbocycles. The van der Waals surface area contributed by atoms with Crippen LogP contribution in [0.1, 0.15) is 11.1 Å². The molecule has 0 unspecified atom stereocenters. The second kappa shape index (κ2) is 6.69. The second-order valence-electron chi connectivity index (χ2n) is 5.21. The molecule has 1 aliphatic heterocycles. The number of para-hydroxylation sites is 1. The number of hydrogen-bond acceptors (Lipinski definition) is 2. The maximum Gasteiger partial charge on any atom is 0.119 e. The lowest BCUT2D eigenvalue weighted by molar-refractivity contribution is 0.196. The number of hydrogen-bond donors (Lipinski definition) is 0. The molecule has 0 bridgehead atoms. The number of ether oxygens (including phenoxy) is 1. The van der Waals surface area contributed by atoms with Crippen molar-refractivity contribution in [2.75, 3.05) is 19.7 Å². The SMILES string of the molecule is Clc1cc(Cl)c2c(c1)CN(CCOc1ccccc1)CC2. The third-order valence-electron chi connectivity index (χ3n) is 3.74. The standard InChI is InChI=1S/C17H17Cl2NO/c18-14-10-13-12-20(7-6-16(13)17(19)11-14)8-9-21-15-4-2-1-3-5-15/h1-5,10-11H,6-9,12H2. The lowest BCUT2D eigenvalue weighted by atomic mass is 10.00. The molecule has 0 fully saturated rings. The summed E-state index contributed by atoms with van der Waals surface area (Å²) in [7, 11) is 0. The zero-order chi connectivity index (χ0) is 14.7. The Morgan fingerprint density at radius 2 is 1.90 bits per heavy atom. The highest BCUT2D eigenvalue weighted by atomic mass is 35.5. The fraction of sp³-hybridized carbons (Fsp3) is 0.294. The summed E-state index contributed by atoms with van der Waals surface area (Å²) in [5, 5.41) is 1.50. The Balaban J connectivity index is 1.57. The van der Waals surface area contributed by atoms with Crippen molar-refractivity contribution in [3.8, 4) is 5.75 Å². The van der Waals surface area contributed by atoms with Crippen LogP contribution in [0.2, 0.25) is 10.0 Å². The van der Waals surface area contributed by atoms with Crippen LogP contribution >= 0.6 is 23.2 Å². The molecule has 3 rings (SSSR count). The number of fused-ring (bicyclic) bond motifs is 1. The number of nitrogens with zero attached hydrogens (tertiary/aromatic N) is 1. The first-order valence-electron chi connectivity index (χ1n) is 7.09. The van der Waals surface area contributed by atoms with Gasteiger partial charge in [-0.1, -0.05) is 41.4 Å². The lowest BCUT2D eigenvalue weighted by Gasteiger charge is -2.29. The second-order valence-corrected chi connectivity index (χ2v) is 6.06. The molecule has 0 radical (unpaired) electrons. The molecule has 0 aromatic heterocycles. The average Bonchev–Trinajstić information content (AvgIpc) is 2.48. The highest BCUT2D eigenvalue weighted by molar-refractivity contribution is 6.35. The van der Waals surface area contributed by atoms with Crippen LogP contribution in [0.4, 0.5) is 0 Å². The van der Waals surface area contributed by atoms with Crippen molar-refractivity contribution in [2.24, 2.45) is 0 Å². The van der Waals surface area contributed by atoms with E-state index in [-0.39, 0.29) is 0 Å². The molecule has 0 amide bonds. The van der Waals surface area contributed by atoms with Crippen LogP contribution < -0.4 is 4.74 Å². The van der Waals surface area contributed by atoms with Crippen LogP contribution in [-0.4, -0.2) is 24.6 Å². The maximum atomic E-state index is 6.25. The monoisotopic (exact) mass is 321 g/mol. The third kappa shape index (κ3) is 3.70. The van der Waals surface area contributed by atoms with E-state index in [0.717, 1.165) is 36.8 Å². The van der Waals surface area contributed by atoms with Crippen LogP contribution in [0.3, 0.4) is 0 Å². The van der Waals surface area contributed by atoms with E-state index in [1.807, 2.05) is 42.5 Å². The summed E-state index contributed by atoms with van der Waals surface area (Å²) >= 11 is 12.3. The fourth-order valence-electron chi connectivity index (χ4n) is 2.67. The number of halogens is 2. The van der Waals surface area contributed by atoms with Crippen molar-refractivity contribution < 1.29 is 4.74 Å². The molecule has 0 saturated carbocycles. The first kappa shape index (κ1) is 14.7. The van der Waals surface area contributed by atoms with Crippen molar-refractivity contribution in [3.63, 3.8) is 0 Å². The summed E-state index contributed by atoms with van der Waals surface area (Å²) in [6.45, 7) is 3.48. The van der Waals surface area contributed by atoms with Gasteiger partial charge in [-0.05, 0) is 41.8 Å². The van der Waals surface area contributed by atoms with E-state index in [0.29, 0.717) is 11.6 Å². The van der Waals surface area contributed by atoms with Crippen LogP contribution in [0.15, 0.2) is 42.5 Å². The van der Waals surface area contributed by atoms with Crippen molar-refractivity contribution >= 4 is 23.2 Å². The van der Waals surface area contributed by atoms with Crippen LogP contribution in [0.25, 0.3) is 0 Å². The van der Waals surface area contributed by atoms with Gasteiger partial charge in [-0.3, -0.25) is 4.90 Å². The van der Waals surface area contributed by atoms with E-state index < -0.39 is 0 Å². The van der Waals surface area contributed by atoms with Crippen LogP contribution in [0, 0.1) is 0 Å². The van der Waals surface area contributed by atoms with Gasteiger partial charge in [0.1, 0.15) is 12.4 Å². The predicted octanol–water partition coefficient (Wildman–Crippen LogP) is 4.43. The lowest BCUT2D eigenvalue weighted by Crippen LogP contribution is -2.34. The predicted molar refractivity (Wildman–Crippen MR) is 87.4 cm³/mol. The Hall–Kier alpha value is -1.22. The molecule has 21 heavy (non-hydrogen) atoms. The zero-order valence-electron chi connectivity index (χ0n) is 11.7. The van der Waals surface area contributed by atoms with Gasteiger partial charge in [-0.25, -0.2) is 0 Å². The molecule has 2 aromatic carbocycles. The Morgan fingerprint density at radius 3 is 2.71 bits per heavy atom. The van der Waals surface area contributed by atoms with Crippen LogP contribution in [0.5, 0.6) is 5.75 Å². The molecule has 1 aliphatic rings. The minimum absolute atomic E-state index is 0.688. The van der Waals surface area contributed by atoms with Crippen LogP contribution in [-0.2, 0) is 13.0 Å². The summed E-state index contributed by atoms with van der Waals surface area (Å²) in [5.74, 6) is 0.918. The molecule has 4 heteroatoms. The Kier molecular flexibility index (Phi) is 4.69. The van der Waals surface area contributed by atoms with Crippen molar-refractivity contribution in [1.82, 2.24) is 4.90 Å². The molecule has 0 N–H and O–H groups in total. The molecular weight excluding hydrogens is 305 g/mol. The van der Waals surface area contributed by atoms with E-state index >= 15 is 0 Å². The van der Waals surface area contributed by atoms with Gasteiger partial charge in [0, 0.05) is 29.7 Å². The fourth-order valence-corrected chi connectivity index (χ4v) is 3.30. The number of rotatable bonds is 4. The van der Waals surface area contributed by atoms with E-state index in [1.54, 1.807) is 0 Å².